The fraction of sp³-hybridized carbons (Fsp3) is 0.800. The second-order valence-corrected chi connectivity index (χ2v) is 4.02. The van der Waals surface area contributed by atoms with Crippen molar-refractivity contribution in [2.24, 2.45) is 5.73 Å². The van der Waals surface area contributed by atoms with Crippen LogP contribution in [-0.4, -0.2) is 50.8 Å². The van der Waals surface area contributed by atoms with Gasteiger partial charge in [-0.25, -0.2) is 9.59 Å². The number of hydrogen-bond donors (Lipinski definition) is 2. The molecule has 0 aliphatic carbocycles. The van der Waals surface area contributed by atoms with Crippen LogP contribution in [0.1, 0.15) is 13.3 Å². The molecule has 20 heavy (non-hydrogen) atoms. The molecule has 2 atom stereocenters. The van der Waals surface area contributed by atoms with Crippen molar-refractivity contribution >= 4 is 12.1 Å². The molecule has 0 bridgehead atoms. The first-order valence-corrected chi connectivity index (χ1v) is 5.46. The van der Waals surface area contributed by atoms with Crippen LogP contribution in [0.4, 0.5) is 18.0 Å². The Morgan fingerprint density at radius 1 is 1.25 bits per heavy atom. The van der Waals surface area contributed by atoms with E-state index in [1.807, 2.05) is 5.32 Å². The average Bonchev–Trinajstić information content (AvgIpc) is 2.34. The number of alkyl halides is 3. The number of methoxy groups -OCH3 is 2. The summed E-state index contributed by atoms with van der Waals surface area (Å²) in [6, 6.07) is 0. The summed E-state index contributed by atoms with van der Waals surface area (Å²) in [4.78, 5) is 22.6. The molecule has 0 saturated carbocycles. The van der Waals surface area contributed by atoms with E-state index in [-0.39, 0.29) is 0 Å². The Morgan fingerprint density at radius 2 is 1.80 bits per heavy atom. The molecule has 0 fully saturated rings. The minimum Gasteiger partial charge on any atom is -0.466 e. The van der Waals surface area contributed by atoms with Crippen LogP contribution in [0.15, 0.2) is 0 Å². The largest absolute Gasteiger partial charge is 0.466 e. The van der Waals surface area contributed by atoms with E-state index in [0.29, 0.717) is 0 Å². The number of rotatable bonds is 6. The maximum Gasteiger partial charge on any atom is 0.411 e. The topological polar surface area (TPSA) is 99.9 Å². The monoisotopic (exact) mass is 302 g/mol. The lowest BCUT2D eigenvalue weighted by Gasteiger charge is -2.29. The fourth-order valence-electron chi connectivity index (χ4n) is 1.35. The molecule has 2 unspecified atom stereocenters. The average molecular weight is 302 g/mol. The van der Waals surface area contributed by atoms with Gasteiger partial charge in [0, 0.05) is 6.42 Å². The highest BCUT2D eigenvalue weighted by molar-refractivity contribution is 5.84. The molecule has 0 aliphatic rings. The van der Waals surface area contributed by atoms with Gasteiger partial charge in [0.15, 0.2) is 5.66 Å². The van der Waals surface area contributed by atoms with Gasteiger partial charge in [-0.2, -0.15) is 13.2 Å². The third-order valence-corrected chi connectivity index (χ3v) is 2.20. The van der Waals surface area contributed by atoms with Gasteiger partial charge in [-0.15, -0.1) is 0 Å². The summed E-state index contributed by atoms with van der Waals surface area (Å²) in [7, 11) is 2.06. The number of halogens is 3. The molecule has 0 aromatic rings. The van der Waals surface area contributed by atoms with Crippen molar-refractivity contribution in [1.29, 1.82) is 0 Å². The second-order valence-electron chi connectivity index (χ2n) is 4.02. The predicted molar refractivity (Wildman–Crippen MR) is 60.6 cm³/mol. The van der Waals surface area contributed by atoms with Crippen LogP contribution in [0.25, 0.3) is 0 Å². The molecular formula is C10H17F3N2O5. The summed E-state index contributed by atoms with van der Waals surface area (Å²) in [5.74, 6) is -1.04. The van der Waals surface area contributed by atoms with Gasteiger partial charge in [0.05, 0.1) is 20.3 Å². The summed E-state index contributed by atoms with van der Waals surface area (Å²) < 4.78 is 49.2. The molecule has 0 saturated heterocycles. The number of carbonyl (C=O) groups excluding carboxylic acids is 2. The molecule has 0 radical (unpaired) electrons. The highest BCUT2D eigenvalue weighted by atomic mass is 19.4. The van der Waals surface area contributed by atoms with Crippen molar-refractivity contribution < 1.29 is 37.0 Å². The summed E-state index contributed by atoms with van der Waals surface area (Å²) in [5, 5.41) is 2.00. The van der Waals surface area contributed by atoms with Crippen LogP contribution in [0, 0.1) is 0 Å². The number of esters is 1. The van der Waals surface area contributed by atoms with Crippen molar-refractivity contribution in [2.75, 3.05) is 20.8 Å². The third kappa shape index (κ3) is 6.57. The molecule has 0 rings (SSSR count). The van der Waals surface area contributed by atoms with E-state index in [1.54, 1.807) is 0 Å². The molecule has 3 N–H and O–H groups in total. The van der Waals surface area contributed by atoms with Crippen LogP contribution >= 0.6 is 0 Å². The second kappa shape index (κ2) is 7.29. The number of nitrogens with two attached hydrogens (primary N) is 1. The molecule has 10 heteroatoms. The van der Waals surface area contributed by atoms with Crippen LogP contribution in [0.5, 0.6) is 0 Å². The van der Waals surface area contributed by atoms with Crippen LogP contribution < -0.4 is 11.1 Å². The van der Waals surface area contributed by atoms with Crippen molar-refractivity contribution in [2.45, 2.75) is 31.3 Å². The Bertz CT molecular complexity index is 350. The van der Waals surface area contributed by atoms with Crippen molar-refractivity contribution in [3.63, 3.8) is 0 Å². The molecule has 0 spiro atoms. The zero-order valence-corrected chi connectivity index (χ0v) is 11.2. The number of amides is 1. The first-order chi connectivity index (χ1) is 9.04. The maximum absolute atomic E-state index is 12.0. The van der Waals surface area contributed by atoms with E-state index < -0.39 is 43.0 Å². The lowest BCUT2D eigenvalue weighted by Crippen LogP contribution is -2.63. The minimum atomic E-state index is -4.51. The van der Waals surface area contributed by atoms with Gasteiger partial charge >= 0.3 is 18.2 Å². The van der Waals surface area contributed by atoms with E-state index in [9.17, 15) is 22.8 Å². The van der Waals surface area contributed by atoms with Gasteiger partial charge in [0.25, 0.3) is 0 Å². The van der Waals surface area contributed by atoms with E-state index >= 15 is 0 Å². The molecule has 0 aromatic heterocycles. The summed E-state index contributed by atoms with van der Waals surface area (Å²) in [5.41, 5.74) is 3.57. The number of hydrogen-bond acceptors (Lipinski definition) is 6. The minimum absolute atomic E-state index is 0.426. The molecule has 118 valence electrons. The first kappa shape index (κ1) is 18.4. The molecule has 0 aliphatic heterocycles. The highest BCUT2D eigenvalue weighted by Crippen LogP contribution is 2.18. The van der Waals surface area contributed by atoms with E-state index in [0.717, 1.165) is 14.2 Å². The van der Waals surface area contributed by atoms with E-state index in [2.05, 4.69) is 14.2 Å². The van der Waals surface area contributed by atoms with Crippen molar-refractivity contribution in [3.8, 4) is 0 Å². The zero-order valence-electron chi connectivity index (χ0n) is 11.2. The lowest BCUT2D eigenvalue weighted by molar-refractivity contribution is -0.186. The number of alkyl carbamates (subject to hydrolysis) is 1. The third-order valence-electron chi connectivity index (χ3n) is 2.20. The number of ether oxygens (including phenoxy) is 3. The van der Waals surface area contributed by atoms with Gasteiger partial charge in [0.1, 0.15) is 6.61 Å². The summed E-state index contributed by atoms with van der Waals surface area (Å²) in [6.45, 7) is -0.223. The Hall–Kier alpha value is -1.55. The normalized spacial score (nSPS) is 15.9. The maximum atomic E-state index is 12.0. The summed E-state index contributed by atoms with van der Waals surface area (Å²) in [6.07, 6.45) is -7.02. The SMILES string of the molecule is COC(=O)NC(N)(CC(C)OCC(F)(F)F)C(=O)OC. The Morgan fingerprint density at radius 3 is 2.20 bits per heavy atom. The standard InChI is InChI=1S/C10H17F3N2O5/c1-6(20-5-10(11,12)13)4-9(14,7(16)18-2)15-8(17)19-3/h6H,4-5,14H2,1-3H3,(H,15,17). The molecular weight excluding hydrogens is 285 g/mol. The lowest BCUT2D eigenvalue weighted by atomic mass is 10.0. The van der Waals surface area contributed by atoms with Crippen LogP contribution in [0.2, 0.25) is 0 Å². The van der Waals surface area contributed by atoms with Gasteiger partial charge < -0.3 is 14.2 Å². The van der Waals surface area contributed by atoms with Gasteiger partial charge in [-0.05, 0) is 6.92 Å². The van der Waals surface area contributed by atoms with Crippen LogP contribution in [-0.2, 0) is 19.0 Å². The molecule has 1 amide bonds. The zero-order chi connectivity index (χ0) is 16.0. The van der Waals surface area contributed by atoms with Gasteiger partial charge in [-0.3, -0.25) is 11.1 Å². The Balaban J connectivity index is 4.72. The van der Waals surface area contributed by atoms with E-state index in [4.69, 9.17) is 5.73 Å². The predicted octanol–water partition coefficient (Wildman–Crippen LogP) is 0.528. The highest BCUT2D eigenvalue weighted by Gasteiger charge is 2.40. The van der Waals surface area contributed by atoms with Crippen molar-refractivity contribution in [3.05, 3.63) is 0 Å². The van der Waals surface area contributed by atoms with Crippen LogP contribution in [0.3, 0.4) is 0 Å². The fourth-order valence-corrected chi connectivity index (χ4v) is 1.35. The molecule has 0 heterocycles. The van der Waals surface area contributed by atoms with Crippen molar-refractivity contribution in [1.82, 2.24) is 5.32 Å². The summed E-state index contributed by atoms with van der Waals surface area (Å²) >= 11 is 0. The Kier molecular flexibility index (Phi) is 6.73. The Labute approximate surface area is 113 Å². The molecule has 7 nitrogen and oxygen atoms in total. The van der Waals surface area contributed by atoms with Gasteiger partial charge in [-0.1, -0.05) is 0 Å². The number of carbonyl (C=O) groups is 2. The molecule has 0 aromatic carbocycles. The smallest absolute Gasteiger partial charge is 0.411 e. The van der Waals surface area contributed by atoms with E-state index in [1.165, 1.54) is 6.92 Å². The number of nitrogens with one attached hydrogen (secondary N) is 1. The quantitative estimate of drug-likeness (QED) is 0.548. The van der Waals surface area contributed by atoms with Gasteiger partial charge in [0.2, 0.25) is 0 Å². The first-order valence-electron chi connectivity index (χ1n) is 5.46.